The van der Waals surface area contributed by atoms with E-state index in [1.807, 2.05) is 0 Å². The van der Waals surface area contributed by atoms with Gasteiger partial charge in [0.2, 0.25) is 0 Å². The second-order valence-electron chi connectivity index (χ2n) is 4.48. The summed E-state index contributed by atoms with van der Waals surface area (Å²) in [4.78, 5) is 3.99. The van der Waals surface area contributed by atoms with Gasteiger partial charge < -0.3 is 10.2 Å². The van der Waals surface area contributed by atoms with E-state index in [4.69, 9.17) is 0 Å². The van der Waals surface area contributed by atoms with Crippen LogP contribution in [0, 0.1) is 0 Å². The van der Waals surface area contributed by atoms with Crippen molar-refractivity contribution in [1.29, 1.82) is 0 Å². The summed E-state index contributed by atoms with van der Waals surface area (Å²) in [6.07, 6.45) is 2.69. The molecule has 1 aromatic heterocycles. The number of nitrogens with zero attached hydrogens (tertiary/aromatic N) is 5. The number of nitrogens with one attached hydrogen (secondary N) is 1. The van der Waals surface area contributed by atoms with Crippen molar-refractivity contribution < 1.29 is 0 Å². The Morgan fingerprint density at radius 2 is 2.12 bits per heavy atom. The molecule has 1 atom stereocenters. The molecule has 0 aromatic carbocycles. The van der Waals surface area contributed by atoms with Crippen molar-refractivity contribution in [3.8, 4) is 0 Å². The SMILES string of the molecule is CC(CN1CCCC1)NCc1nnn(C)n1. The minimum absolute atomic E-state index is 0.474. The molecule has 1 fully saturated rings. The molecular formula is C10H20N6. The molecule has 2 heterocycles. The maximum absolute atomic E-state index is 4.13. The summed E-state index contributed by atoms with van der Waals surface area (Å²) in [5.41, 5.74) is 0. The highest BCUT2D eigenvalue weighted by atomic mass is 15.6. The molecule has 1 unspecified atom stereocenters. The zero-order valence-corrected chi connectivity index (χ0v) is 10.1. The molecule has 0 bridgehead atoms. The maximum atomic E-state index is 4.13. The monoisotopic (exact) mass is 224 g/mol. The summed E-state index contributed by atoms with van der Waals surface area (Å²) in [6.45, 7) is 6.50. The van der Waals surface area contributed by atoms with Crippen LogP contribution >= 0.6 is 0 Å². The lowest BCUT2D eigenvalue weighted by atomic mass is 10.3. The van der Waals surface area contributed by atoms with Crippen LogP contribution in [-0.2, 0) is 13.6 Å². The standard InChI is InChI=1S/C10H20N6/c1-9(8-16-5-3-4-6-16)11-7-10-12-14-15(2)13-10/h9,11H,3-8H2,1-2H3. The summed E-state index contributed by atoms with van der Waals surface area (Å²) in [6, 6.07) is 0.474. The van der Waals surface area contributed by atoms with Crippen LogP contribution in [0.2, 0.25) is 0 Å². The Labute approximate surface area is 96.0 Å². The van der Waals surface area contributed by atoms with Gasteiger partial charge in [-0.2, -0.15) is 4.80 Å². The van der Waals surface area contributed by atoms with E-state index in [1.165, 1.54) is 30.7 Å². The number of aromatic nitrogens is 4. The van der Waals surface area contributed by atoms with Crippen LogP contribution in [0.1, 0.15) is 25.6 Å². The number of tetrazole rings is 1. The predicted octanol–water partition coefficient (Wildman–Crippen LogP) is -0.216. The second-order valence-corrected chi connectivity index (χ2v) is 4.48. The van der Waals surface area contributed by atoms with Gasteiger partial charge in [0.05, 0.1) is 13.6 Å². The fourth-order valence-corrected chi connectivity index (χ4v) is 2.08. The fourth-order valence-electron chi connectivity index (χ4n) is 2.08. The second kappa shape index (κ2) is 5.36. The van der Waals surface area contributed by atoms with Crippen LogP contribution in [0.15, 0.2) is 0 Å². The number of hydrogen-bond donors (Lipinski definition) is 1. The zero-order chi connectivity index (χ0) is 11.4. The molecule has 0 spiro atoms. The summed E-state index contributed by atoms with van der Waals surface area (Å²) < 4.78 is 0. The maximum Gasteiger partial charge on any atom is 0.188 e. The minimum Gasteiger partial charge on any atom is -0.306 e. The molecule has 0 amide bonds. The van der Waals surface area contributed by atoms with E-state index >= 15 is 0 Å². The van der Waals surface area contributed by atoms with Gasteiger partial charge in [0, 0.05) is 12.6 Å². The fraction of sp³-hybridized carbons (Fsp3) is 0.900. The highest BCUT2D eigenvalue weighted by Crippen LogP contribution is 2.07. The van der Waals surface area contributed by atoms with Gasteiger partial charge in [-0.25, -0.2) is 0 Å². The van der Waals surface area contributed by atoms with Crippen LogP contribution in [0.4, 0.5) is 0 Å². The van der Waals surface area contributed by atoms with E-state index in [0.29, 0.717) is 12.6 Å². The van der Waals surface area contributed by atoms with Crippen LogP contribution in [0.3, 0.4) is 0 Å². The topological polar surface area (TPSA) is 58.9 Å². The van der Waals surface area contributed by atoms with Gasteiger partial charge >= 0.3 is 0 Å². The summed E-state index contributed by atoms with van der Waals surface area (Å²) in [5.74, 6) is 0.760. The Hall–Kier alpha value is -1.01. The first-order valence-corrected chi connectivity index (χ1v) is 5.92. The third-order valence-corrected chi connectivity index (χ3v) is 2.89. The molecule has 1 aromatic rings. The average Bonchev–Trinajstić information content (AvgIpc) is 2.87. The van der Waals surface area contributed by atoms with Crippen LogP contribution < -0.4 is 5.32 Å². The average molecular weight is 224 g/mol. The lowest BCUT2D eigenvalue weighted by molar-refractivity contribution is 0.297. The highest BCUT2D eigenvalue weighted by molar-refractivity contribution is 4.78. The predicted molar refractivity (Wildman–Crippen MR) is 60.8 cm³/mol. The number of likely N-dealkylation sites (tertiary alicyclic amines) is 1. The van der Waals surface area contributed by atoms with Gasteiger partial charge in [0.1, 0.15) is 0 Å². The van der Waals surface area contributed by atoms with Gasteiger partial charge in [-0.05, 0) is 38.1 Å². The molecule has 6 heteroatoms. The molecule has 1 saturated heterocycles. The number of hydrogen-bond acceptors (Lipinski definition) is 5. The summed E-state index contributed by atoms with van der Waals surface area (Å²) in [7, 11) is 1.78. The van der Waals surface area contributed by atoms with E-state index in [2.05, 4.69) is 32.6 Å². The molecule has 0 radical (unpaired) electrons. The number of aryl methyl sites for hydroxylation is 1. The van der Waals surface area contributed by atoms with Crippen molar-refractivity contribution >= 4 is 0 Å². The van der Waals surface area contributed by atoms with E-state index < -0.39 is 0 Å². The first kappa shape index (κ1) is 11.5. The van der Waals surface area contributed by atoms with Gasteiger partial charge in [-0.1, -0.05) is 0 Å². The van der Waals surface area contributed by atoms with Gasteiger partial charge in [0.15, 0.2) is 5.82 Å². The third kappa shape index (κ3) is 3.24. The first-order chi connectivity index (χ1) is 7.74. The van der Waals surface area contributed by atoms with Crippen molar-refractivity contribution in [2.75, 3.05) is 19.6 Å². The summed E-state index contributed by atoms with van der Waals surface area (Å²) in [5, 5.41) is 15.3. The normalized spacial score (nSPS) is 19.1. The number of rotatable bonds is 5. The van der Waals surface area contributed by atoms with E-state index in [-0.39, 0.29) is 0 Å². The molecule has 0 aliphatic carbocycles. The van der Waals surface area contributed by atoms with Gasteiger partial charge in [-0.15, -0.1) is 10.2 Å². The van der Waals surface area contributed by atoms with Crippen molar-refractivity contribution in [3.05, 3.63) is 5.82 Å². The molecular weight excluding hydrogens is 204 g/mol. The zero-order valence-electron chi connectivity index (χ0n) is 10.1. The minimum atomic E-state index is 0.474. The van der Waals surface area contributed by atoms with Crippen LogP contribution in [-0.4, -0.2) is 50.8 Å². The van der Waals surface area contributed by atoms with Gasteiger partial charge in [0.25, 0.3) is 0 Å². The molecule has 1 aliphatic rings. The Balaban J connectivity index is 1.68. The molecule has 2 rings (SSSR count). The molecule has 0 saturated carbocycles. The lowest BCUT2D eigenvalue weighted by Crippen LogP contribution is -2.37. The molecule has 16 heavy (non-hydrogen) atoms. The quantitative estimate of drug-likeness (QED) is 0.749. The molecule has 90 valence electrons. The Bertz CT molecular complexity index is 317. The van der Waals surface area contributed by atoms with E-state index in [0.717, 1.165) is 12.4 Å². The van der Waals surface area contributed by atoms with Crippen molar-refractivity contribution in [3.63, 3.8) is 0 Å². The largest absolute Gasteiger partial charge is 0.306 e. The highest BCUT2D eigenvalue weighted by Gasteiger charge is 2.14. The summed E-state index contributed by atoms with van der Waals surface area (Å²) >= 11 is 0. The van der Waals surface area contributed by atoms with Gasteiger partial charge in [-0.3, -0.25) is 0 Å². The molecule has 1 N–H and O–H groups in total. The van der Waals surface area contributed by atoms with Crippen LogP contribution in [0.5, 0.6) is 0 Å². The van der Waals surface area contributed by atoms with Crippen molar-refractivity contribution in [1.82, 2.24) is 30.4 Å². The molecule has 6 nitrogen and oxygen atoms in total. The first-order valence-electron chi connectivity index (χ1n) is 5.92. The Morgan fingerprint density at radius 3 is 2.75 bits per heavy atom. The van der Waals surface area contributed by atoms with E-state index in [1.54, 1.807) is 7.05 Å². The smallest absolute Gasteiger partial charge is 0.188 e. The Morgan fingerprint density at radius 1 is 1.38 bits per heavy atom. The molecule has 1 aliphatic heterocycles. The van der Waals surface area contributed by atoms with Crippen molar-refractivity contribution in [2.24, 2.45) is 7.05 Å². The van der Waals surface area contributed by atoms with E-state index in [9.17, 15) is 0 Å². The lowest BCUT2D eigenvalue weighted by Gasteiger charge is -2.20. The Kier molecular flexibility index (Phi) is 3.84. The third-order valence-electron chi connectivity index (χ3n) is 2.89. The van der Waals surface area contributed by atoms with Crippen LogP contribution in [0.25, 0.3) is 0 Å². The van der Waals surface area contributed by atoms with Crippen molar-refractivity contribution in [2.45, 2.75) is 32.4 Å².